The zero-order valence-corrected chi connectivity index (χ0v) is 21.6. The number of piperidine rings is 1. The lowest BCUT2D eigenvalue weighted by molar-refractivity contribution is -0.136. The summed E-state index contributed by atoms with van der Waals surface area (Å²) in [5.74, 6) is -1.00. The van der Waals surface area contributed by atoms with Gasteiger partial charge in [0.1, 0.15) is 12.1 Å². The van der Waals surface area contributed by atoms with Crippen molar-refractivity contribution < 1.29 is 23.9 Å². The fraction of sp³-hybridized carbons (Fsp3) is 0.448. The summed E-state index contributed by atoms with van der Waals surface area (Å²) in [5.41, 5.74) is 5.17. The van der Waals surface area contributed by atoms with Crippen LogP contribution < -0.4 is 10.6 Å². The van der Waals surface area contributed by atoms with Crippen LogP contribution in [-0.2, 0) is 39.3 Å². The second kappa shape index (κ2) is 9.65. The third-order valence-corrected chi connectivity index (χ3v) is 7.79. The van der Waals surface area contributed by atoms with Crippen LogP contribution in [-0.4, -0.2) is 34.8 Å². The van der Waals surface area contributed by atoms with Crippen molar-refractivity contribution in [2.45, 2.75) is 83.5 Å². The van der Waals surface area contributed by atoms with Gasteiger partial charge in [0.2, 0.25) is 11.8 Å². The SMILES string of the molecule is CC(OC(=O)NC(C)(C)c1ccc2c(c1)CCCC2)c1ccc2c(c1)C(=O)N(C1CCC(=O)NC1=O)C2. The smallest absolute Gasteiger partial charge is 0.408 e. The van der Waals surface area contributed by atoms with E-state index in [1.54, 1.807) is 13.0 Å². The van der Waals surface area contributed by atoms with Gasteiger partial charge < -0.3 is 15.0 Å². The lowest BCUT2D eigenvalue weighted by Crippen LogP contribution is -2.52. The highest BCUT2D eigenvalue weighted by molar-refractivity contribution is 6.05. The van der Waals surface area contributed by atoms with Crippen LogP contribution in [0.5, 0.6) is 0 Å². The normalized spacial score (nSPS) is 20.1. The molecule has 2 aromatic rings. The van der Waals surface area contributed by atoms with E-state index in [9.17, 15) is 19.2 Å². The zero-order valence-electron chi connectivity index (χ0n) is 21.6. The molecule has 37 heavy (non-hydrogen) atoms. The number of nitrogens with zero attached hydrogens (tertiary/aromatic N) is 1. The van der Waals surface area contributed by atoms with Crippen LogP contribution in [0.3, 0.4) is 0 Å². The first kappa shape index (κ1) is 25.0. The maximum absolute atomic E-state index is 13.1. The Morgan fingerprint density at radius 2 is 1.76 bits per heavy atom. The average Bonchev–Trinajstić information content (AvgIpc) is 3.18. The first-order valence-electron chi connectivity index (χ1n) is 13.0. The molecular weight excluding hydrogens is 470 g/mol. The second-order valence-electron chi connectivity index (χ2n) is 10.8. The third-order valence-electron chi connectivity index (χ3n) is 7.79. The van der Waals surface area contributed by atoms with Gasteiger partial charge in [-0.05, 0) is 86.8 Å². The van der Waals surface area contributed by atoms with Crippen LogP contribution in [0.15, 0.2) is 36.4 Å². The van der Waals surface area contributed by atoms with Gasteiger partial charge in [0.05, 0.1) is 5.54 Å². The molecular formula is C29H33N3O5. The molecule has 2 N–H and O–H groups in total. The minimum absolute atomic E-state index is 0.212. The van der Waals surface area contributed by atoms with Crippen molar-refractivity contribution >= 4 is 23.8 Å². The van der Waals surface area contributed by atoms with E-state index < -0.39 is 29.7 Å². The van der Waals surface area contributed by atoms with Crippen molar-refractivity contribution in [3.8, 4) is 0 Å². The lowest BCUT2D eigenvalue weighted by atomic mass is 9.86. The molecule has 1 fully saturated rings. The fourth-order valence-corrected chi connectivity index (χ4v) is 5.53. The monoisotopic (exact) mass is 503 g/mol. The van der Waals surface area contributed by atoms with E-state index >= 15 is 0 Å². The Kier molecular flexibility index (Phi) is 6.52. The van der Waals surface area contributed by atoms with Gasteiger partial charge in [-0.3, -0.25) is 19.7 Å². The number of aryl methyl sites for hydroxylation is 2. The minimum Gasteiger partial charge on any atom is -0.442 e. The van der Waals surface area contributed by atoms with Crippen LogP contribution in [0.25, 0.3) is 0 Å². The van der Waals surface area contributed by atoms with Gasteiger partial charge in [-0.2, -0.15) is 0 Å². The maximum atomic E-state index is 13.1. The van der Waals surface area contributed by atoms with E-state index in [-0.39, 0.29) is 18.2 Å². The number of amides is 4. The molecule has 4 amide bonds. The maximum Gasteiger partial charge on any atom is 0.408 e. The molecule has 0 spiro atoms. The van der Waals surface area contributed by atoms with Gasteiger partial charge in [0, 0.05) is 18.5 Å². The molecule has 194 valence electrons. The van der Waals surface area contributed by atoms with Gasteiger partial charge in [0.15, 0.2) is 0 Å². The van der Waals surface area contributed by atoms with E-state index in [4.69, 9.17) is 4.74 Å². The van der Waals surface area contributed by atoms with Crippen molar-refractivity contribution in [3.63, 3.8) is 0 Å². The van der Waals surface area contributed by atoms with Crippen molar-refractivity contribution in [1.29, 1.82) is 0 Å². The molecule has 8 heteroatoms. The molecule has 0 aromatic heterocycles. The molecule has 2 aromatic carbocycles. The topological polar surface area (TPSA) is 105 Å². The Morgan fingerprint density at radius 1 is 1.03 bits per heavy atom. The predicted molar refractivity (Wildman–Crippen MR) is 137 cm³/mol. The highest BCUT2D eigenvalue weighted by Gasteiger charge is 2.39. The number of imide groups is 1. The van der Waals surface area contributed by atoms with Crippen LogP contribution in [0.4, 0.5) is 4.79 Å². The molecule has 3 aliphatic rings. The Labute approximate surface area is 216 Å². The number of carbonyl (C=O) groups is 4. The summed E-state index contributed by atoms with van der Waals surface area (Å²) >= 11 is 0. The number of alkyl carbamates (subject to hydrolysis) is 1. The Bertz CT molecular complexity index is 1280. The average molecular weight is 504 g/mol. The number of fused-ring (bicyclic) bond motifs is 2. The standard InChI is InChI=1S/C29H33N3O5/c1-17(37-28(36)31-29(2,3)22-11-10-18-6-4-5-7-20(18)14-22)19-8-9-21-16-32(27(35)23(21)15-19)24-12-13-25(33)30-26(24)34/h8-11,14-15,17,24H,4-7,12-13,16H2,1-3H3,(H,31,36)(H,30,33,34). The number of ether oxygens (including phenoxy) is 1. The number of hydrogen-bond donors (Lipinski definition) is 2. The van der Waals surface area contributed by atoms with Crippen LogP contribution >= 0.6 is 0 Å². The van der Waals surface area contributed by atoms with Crippen molar-refractivity contribution in [2.75, 3.05) is 0 Å². The molecule has 0 saturated carbocycles. The molecule has 1 aliphatic carbocycles. The zero-order chi connectivity index (χ0) is 26.3. The summed E-state index contributed by atoms with van der Waals surface area (Å²) in [6, 6.07) is 11.2. The van der Waals surface area contributed by atoms with E-state index in [0.29, 0.717) is 24.1 Å². The molecule has 0 radical (unpaired) electrons. The highest BCUT2D eigenvalue weighted by atomic mass is 16.6. The number of hydrogen-bond acceptors (Lipinski definition) is 5. The summed E-state index contributed by atoms with van der Waals surface area (Å²) in [7, 11) is 0. The number of carbonyl (C=O) groups excluding carboxylic acids is 4. The number of benzene rings is 2. The first-order valence-corrected chi connectivity index (χ1v) is 13.0. The summed E-state index contributed by atoms with van der Waals surface area (Å²) in [6.07, 6.45) is 4.01. The van der Waals surface area contributed by atoms with Gasteiger partial charge in [0.25, 0.3) is 5.91 Å². The molecule has 2 unspecified atom stereocenters. The molecule has 8 nitrogen and oxygen atoms in total. The van der Waals surface area contributed by atoms with E-state index in [1.807, 2.05) is 26.0 Å². The van der Waals surface area contributed by atoms with E-state index in [1.165, 1.54) is 28.9 Å². The van der Waals surface area contributed by atoms with Gasteiger partial charge in [-0.15, -0.1) is 0 Å². The minimum atomic E-state index is -0.661. The van der Waals surface area contributed by atoms with Crippen molar-refractivity contribution in [2.24, 2.45) is 0 Å². The largest absolute Gasteiger partial charge is 0.442 e. The van der Waals surface area contributed by atoms with E-state index in [0.717, 1.165) is 24.0 Å². The van der Waals surface area contributed by atoms with Gasteiger partial charge >= 0.3 is 6.09 Å². The lowest BCUT2D eigenvalue weighted by Gasteiger charge is -2.29. The predicted octanol–water partition coefficient (Wildman–Crippen LogP) is 4.05. The van der Waals surface area contributed by atoms with Gasteiger partial charge in [-0.25, -0.2) is 4.79 Å². The highest BCUT2D eigenvalue weighted by Crippen LogP contribution is 2.31. The fourth-order valence-electron chi connectivity index (χ4n) is 5.53. The molecule has 2 heterocycles. The van der Waals surface area contributed by atoms with Crippen molar-refractivity contribution in [3.05, 3.63) is 69.8 Å². The molecule has 1 saturated heterocycles. The molecule has 5 rings (SSSR count). The summed E-state index contributed by atoms with van der Waals surface area (Å²) in [6.45, 7) is 6.00. The van der Waals surface area contributed by atoms with Gasteiger partial charge in [-0.1, -0.05) is 30.3 Å². The quantitative estimate of drug-likeness (QED) is 0.599. The number of rotatable bonds is 5. The summed E-state index contributed by atoms with van der Waals surface area (Å²) in [5, 5.41) is 5.31. The van der Waals surface area contributed by atoms with Crippen molar-refractivity contribution in [1.82, 2.24) is 15.5 Å². The number of nitrogens with one attached hydrogen (secondary N) is 2. The van der Waals surface area contributed by atoms with Crippen LogP contribution in [0.2, 0.25) is 0 Å². The molecule has 2 atom stereocenters. The van der Waals surface area contributed by atoms with Crippen LogP contribution in [0.1, 0.15) is 90.7 Å². The Balaban J connectivity index is 1.24. The van der Waals surface area contributed by atoms with E-state index in [2.05, 4.69) is 28.8 Å². The summed E-state index contributed by atoms with van der Waals surface area (Å²) in [4.78, 5) is 51.2. The Morgan fingerprint density at radius 3 is 2.51 bits per heavy atom. The first-order chi connectivity index (χ1) is 17.6. The molecule has 2 aliphatic heterocycles. The van der Waals surface area contributed by atoms with Crippen LogP contribution in [0, 0.1) is 0 Å². The Hall–Kier alpha value is -3.68. The summed E-state index contributed by atoms with van der Waals surface area (Å²) < 4.78 is 5.70. The third kappa shape index (κ3) is 4.97. The second-order valence-corrected chi connectivity index (χ2v) is 10.8. The molecule has 0 bridgehead atoms.